The van der Waals surface area contributed by atoms with E-state index in [-0.39, 0.29) is 29.2 Å². The lowest BCUT2D eigenvalue weighted by Gasteiger charge is -2.14. The largest absolute Gasteiger partial charge is 0.477 e. The first kappa shape index (κ1) is 20.2. The predicted molar refractivity (Wildman–Crippen MR) is 119 cm³/mol. The average Bonchev–Trinajstić information content (AvgIpc) is 3.19. The molecule has 160 valence electrons. The Morgan fingerprint density at radius 2 is 1.85 bits per heavy atom. The molecule has 2 aromatic heterocycles. The number of hydrogen-bond acceptors (Lipinski definition) is 5. The van der Waals surface area contributed by atoms with Gasteiger partial charge in [-0.2, -0.15) is 5.26 Å². The van der Waals surface area contributed by atoms with E-state index >= 15 is 0 Å². The molecule has 0 atom stereocenters. The van der Waals surface area contributed by atoms with Gasteiger partial charge in [0, 0.05) is 24.3 Å². The molecular formula is C25H15FN4O3. The third-order valence-corrected chi connectivity index (χ3v) is 5.32. The van der Waals surface area contributed by atoms with Crippen molar-refractivity contribution in [3.63, 3.8) is 0 Å². The highest BCUT2D eigenvalue weighted by molar-refractivity contribution is 5.96. The van der Waals surface area contributed by atoms with E-state index in [1.54, 1.807) is 24.5 Å². The van der Waals surface area contributed by atoms with Gasteiger partial charge in [-0.15, -0.1) is 0 Å². The van der Waals surface area contributed by atoms with Gasteiger partial charge < -0.3 is 14.4 Å². The first-order valence-electron chi connectivity index (χ1n) is 9.96. The van der Waals surface area contributed by atoms with Gasteiger partial charge in [0.1, 0.15) is 17.3 Å². The van der Waals surface area contributed by atoms with E-state index < -0.39 is 11.8 Å². The Kier molecular flexibility index (Phi) is 4.92. The molecule has 0 unspecified atom stereocenters. The highest BCUT2D eigenvalue weighted by atomic mass is 19.1. The van der Waals surface area contributed by atoms with Crippen molar-refractivity contribution in [1.82, 2.24) is 14.5 Å². The number of carboxylic acid groups (broad SMARTS) is 1. The van der Waals surface area contributed by atoms with Crippen molar-refractivity contribution in [1.29, 1.82) is 5.26 Å². The van der Waals surface area contributed by atoms with Gasteiger partial charge in [0.2, 0.25) is 0 Å². The van der Waals surface area contributed by atoms with E-state index in [0.29, 0.717) is 11.3 Å². The molecule has 33 heavy (non-hydrogen) atoms. The number of aromatic carboxylic acids is 1. The van der Waals surface area contributed by atoms with Crippen LogP contribution in [-0.4, -0.2) is 25.6 Å². The summed E-state index contributed by atoms with van der Waals surface area (Å²) in [5, 5.41) is 20.9. The summed E-state index contributed by atoms with van der Waals surface area (Å²) in [5.74, 6) is -1.36. The van der Waals surface area contributed by atoms with E-state index in [4.69, 9.17) is 4.74 Å². The maximum atomic E-state index is 14.6. The minimum atomic E-state index is -1.20. The zero-order valence-corrected chi connectivity index (χ0v) is 17.1. The number of rotatable bonds is 5. The minimum Gasteiger partial charge on any atom is -0.477 e. The van der Waals surface area contributed by atoms with E-state index in [9.17, 15) is 19.6 Å². The number of fused-ring (bicyclic) bond motifs is 2. The first-order chi connectivity index (χ1) is 16.0. The van der Waals surface area contributed by atoms with Gasteiger partial charge in [0.25, 0.3) is 0 Å². The number of benzene rings is 3. The van der Waals surface area contributed by atoms with Crippen LogP contribution in [-0.2, 0) is 6.54 Å². The average molecular weight is 438 g/mol. The van der Waals surface area contributed by atoms with Crippen LogP contribution in [0.25, 0.3) is 21.7 Å². The highest BCUT2D eigenvalue weighted by Gasteiger charge is 2.19. The molecule has 3 aromatic carbocycles. The first-order valence-corrected chi connectivity index (χ1v) is 9.96. The SMILES string of the molecule is N#Cc1cc(F)c2cc(C(=O)O)n(Cc3cc(Oc4ncccn4)cc4ccccc34)c2c1. The Morgan fingerprint density at radius 3 is 2.61 bits per heavy atom. The van der Waals surface area contributed by atoms with Crippen LogP contribution < -0.4 is 4.74 Å². The summed E-state index contributed by atoms with van der Waals surface area (Å²) in [4.78, 5) is 20.1. The molecule has 0 saturated heterocycles. The molecule has 0 aliphatic heterocycles. The van der Waals surface area contributed by atoms with Crippen molar-refractivity contribution in [2.24, 2.45) is 0 Å². The molecule has 1 N–H and O–H groups in total. The fourth-order valence-corrected chi connectivity index (χ4v) is 3.89. The second-order valence-corrected chi connectivity index (χ2v) is 7.36. The van der Waals surface area contributed by atoms with Gasteiger partial charge >= 0.3 is 12.0 Å². The van der Waals surface area contributed by atoms with Crippen LogP contribution in [0.4, 0.5) is 4.39 Å². The summed E-state index contributed by atoms with van der Waals surface area (Å²) in [6, 6.07) is 18.9. The number of halogens is 1. The molecular weight excluding hydrogens is 423 g/mol. The van der Waals surface area contributed by atoms with E-state index in [0.717, 1.165) is 22.4 Å². The lowest BCUT2D eigenvalue weighted by Crippen LogP contribution is -2.10. The van der Waals surface area contributed by atoms with Gasteiger partial charge in [0.05, 0.1) is 17.1 Å². The fraction of sp³-hybridized carbons (Fsp3) is 0.0400. The van der Waals surface area contributed by atoms with Crippen molar-refractivity contribution in [2.45, 2.75) is 6.54 Å². The molecule has 0 saturated carbocycles. The summed E-state index contributed by atoms with van der Waals surface area (Å²) in [6.07, 6.45) is 3.13. The molecule has 0 fully saturated rings. The standard InChI is InChI=1S/C25H15FN4O3/c26-21-8-15(13-27)9-22-20(21)12-23(24(31)32)30(22)14-17-11-18(33-25-28-6-3-7-29-25)10-16-4-1-2-5-19(16)17/h1-12H,14H2,(H,31,32). The lowest BCUT2D eigenvalue weighted by molar-refractivity contribution is 0.0686. The van der Waals surface area contributed by atoms with Gasteiger partial charge in [-0.1, -0.05) is 24.3 Å². The topological polar surface area (TPSA) is 101 Å². The van der Waals surface area contributed by atoms with Crippen LogP contribution in [0, 0.1) is 17.1 Å². The molecule has 0 spiro atoms. The van der Waals surface area contributed by atoms with Crippen LogP contribution in [0.2, 0.25) is 0 Å². The van der Waals surface area contributed by atoms with Crippen LogP contribution in [0.3, 0.4) is 0 Å². The summed E-state index contributed by atoms with van der Waals surface area (Å²) < 4.78 is 21.9. The summed E-state index contributed by atoms with van der Waals surface area (Å²) >= 11 is 0. The maximum absolute atomic E-state index is 14.6. The zero-order chi connectivity index (χ0) is 22.9. The number of carboxylic acids is 1. The van der Waals surface area contributed by atoms with Crippen molar-refractivity contribution in [3.05, 3.63) is 95.7 Å². The Hall–Kier alpha value is -4.77. The molecule has 0 radical (unpaired) electrons. The molecule has 2 heterocycles. The number of hydrogen-bond donors (Lipinski definition) is 1. The molecule has 0 amide bonds. The minimum absolute atomic E-state index is 0.0826. The van der Waals surface area contributed by atoms with E-state index in [1.807, 2.05) is 36.4 Å². The Morgan fingerprint density at radius 1 is 1.06 bits per heavy atom. The van der Waals surface area contributed by atoms with Crippen molar-refractivity contribution in [2.75, 3.05) is 0 Å². The number of carbonyl (C=O) groups is 1. The normalized spacial score (nSPS) is 10.9. The smallest absolute Gasteiger partial charge is 0.352 e. The van der Waals surface area contributed by atoms with Crippen LogP contribution in [0.5, 0.6) is 11.8 Å². The monoisotopic (exact) mass is 438 g/mol. The van der Waals surface area contributed by atoms with Crippen LogP contribution in [0.1, 0.15) is 21.6 Å². The van der Waals surface area contributed by atoms with E-state index in [2.05, 4.69) is 9.97 Å². The molecule has 7 nitrogen and oxygen atoms in total. The molecule has 8 heteroatoms. The summed E-state index contributed by atoms with van der Waals surface area (Å²) in [6.45, 7) is 0.118. The van der Waals surface area contributed by atoms with Crippen LogP contribution >= 0.6 is 0 Å². The van der Waals surface area contributed by atoms with Crippen molar-refractivity contribution in [3.8, 4) is 17.8 Å². The number of nitrogens with zero attached hydrogens (tertiary/aromatic N) is 4. The van der Waals surface area contributed by atoms with Gasteiger partial charge in [-0.25, -0.2) is 19.2 Å². The van der Waals surface area contributed by atoms with Crippen molar-refractivity contribution < 1.29 is 19.0 Å². The van der Waals surface area contributed by atoms with Gasteiger partial charge in [-0.3, -0.25) is 0 Å². The van der Waals surface area contributed by atoms with Gasteiger partial charge in [0.15, 0.2) is 0 Å². The Bertz CT molecular complexity index is 1570. The number of aromatic nitrogens is 3. The summed E-state index contributed by atoms with van der Waals surface area (Å²) in [7, 11) is 0. The zero-order valence-electron chi connectivity index (χ0n) is 17.1. The molecule has 5 rings (SSSR count). The Balaban J connectivity index is 1.69. The second-order valence-electron chi connectivity index (χ2n) is 7.36. The molecule has 5 aromatic rings. The molecule has 0 aliphatic rings. The third kappa shape index (κ3) is 3.72. The second kappa shape index (κ2) is 8.05. The lowest BCUT2D eigenvalue weighted by atomic mass is 10.0. The highest BCUT2D eigenvalue weighted by Crippen LogP contribution is 2.31. The number of nitriles is 1. The number of ether oxygens (including phenoxy) is 1. The van der Waals surface area contributed by atoms with E-state index in [1.165, 1.54) is 16.7 Å². The predicted octanol–water partition coefficient (Wildman–Crippen LogP) is 5.13. The van der Waals surface area contributed by atoms with Gasteiger partial charge in [-0.05, 0) is 52.7 Å². The van der Waals surface area contributed by atoms with Crippen molar-refractivity contribution >= 4 is 27.6 Å². The fourth-order valence-electron chi connectivity index (χ4n) is 3.89. The third-order valence-electron chi connectivity index (χ3n) is 5.32. The van der Waals surface area contributed by atoms with Crippen LogP contribution in [0.15, 0.2) is 73.1 Å². The quantitative estimate of drug-likeness (QED) is 0.408. The Labute approximate surface area is 186 Å². The maximum Gasteiger partial charge on any atom is 0.352 e. The molecule has 0 aliphatic carbocycles. The summed E-state index contributed by atoms with van der Waals surface area (Å²) in [5.41, 5.74) is 1.10. The molecule has 0 bridgehead atoms.